The van der Waals surface area contributed by atoms with Gasteiger partial charge in [-0.2, -0.15) is 5.26 Å². The van der Waals surface area contributed by atoms with Crippen molar-refractivity contribution in [1.82, 2.24) is 4.98 Å². The highest BCUT2D eigenvalue weighted by atomic mass is 35.5. The van der Waals surface area contributed by atoms with E-state index in [2.05, 4.69) is 11.1 Å². The fourth-order valence-corrected chi connectivity index (χ4v) is 4.50. The van der Waals surface area contributed by atoms with E-state index < -0.39 is 11.8 Å². The van der Waals surface area contributed by atoms with Crippen LogP contribution in [-0.4, -0.2) is 17.9 Å². The number of halogens is 1. The van der Waals surface area contributed by atoms with Crippen molar-refractivity contribution in [2.75, 3.05) is 7.11 Å². The zero-order chi connectivity index (χ0) is 20.5. The molecule has 0 saturated carbocycles. The molecule has 0 spiro atoms. The van der Waals surface area contributed by atoms with Crippen molar-refractivity contribution >= 4 is 49.7 Å². The lowest BCUT2D eigenvalue weighted by Crippen LogP contribution is -2.17. The molecular weight excluding hydrogens is 404 g/mol. The van der Waals surface area contributed by atoms with Crippen LogP contribution in [0, 0.1) is 11.3 Å². The lowest BCUT2D eigenvalue weighted by atomic mass is 9.88. The van der Waals surface area contributed by atoms with E-state index >= 15 is 0 Å². The number of thiazole rings is 1. The van der Waals surface area contributed by atoms with Gasteiger partial charge in [-0.05, 0) is 46.7 Å². The number of carbonyl (C=O) groups excluding carboxylic acids is 1. The Morgan fingerprint density at radius 3 is 2.66 bits per heavy atom. The average molecular weight is 421 g/mol. The minimum atomic E-state index is -0.910. The van der Waals surface area contributed by atoms with Gasteiger partial charge in [-0.1, -0.05) is 42.8 Å². The number of benzene rings is 3. The van der Waals surface area contributed by atoms with Gasteiger partial charge in [0.25, 0.3) is 0 Å². The van der Waals surface area contributed by atoms with Crippen LogP contribution in [-0.2, 0) is 4.79 Å². The standard InChI is InChI=1S/C23H17ClN2O2S/c1-13(14-3-4-16-10-18(28-2)7-5-15(16)9-14)22(27)19(12-25)23-26-20-11-17(24)6-8-21(20)29-23/h3-11,13,19H,1-2H3. The van der Waals surface area contributed by atoms with Crippen LogP contribution in [0.3, 0.4) is 0 Å². The van der Waals surface area contributed by atoms with Crippen molar-refractivity contribution in [3.8, 4) is 11.8 Å². The lowest BCUT2D eigenvalue weighted by molar-refractivity contribution is -0.120. The van der Waals surface area contributed by atoms with Crippen LogP contribution >= 0.6 is 22.9 Å². The van der Waals surface area contributed by atoms with Crippen molar-refractivity contribution in [3.05, 3.63) is 70.2 Å². The maximum absolute atomic E-state index is 13.2. The summed E-state index contributed by atoms with van der Waals surface area (Å²) in [5, 5.41) is 12.9. The molecule has 144 valence electrons. The van der Waals surface area contributed by atoms with E-state index in [0.29, 0.717) is 15.5 Å². The van der Waals surface area contributed by atoms with Crippen molar-refractivity contribution in [1.29, 1.82) is 5.26 Å². The summed E-state index contributed by atoms with van der Waals surface area (Å²) in [4.78, 5) is 17.6. The van der Waals surface area contributed by atoms with Crippen LogP contribution in [0.25, 0.3) is 21.0 Å². The number of rotatable bonds is 5. The Bertz CT molecular complexity index is 1280. The molecule has 1 aromatic heterocycles. The molecule has 0 radical (unpaired) electrons. The van der Waals surface area contributed by atoms with Crippen LogP contribution in [0.1, 0.15) is 29.3 Å². The molecule has 2 unspecified atom stereocenters. The number of nitrogens with zero attached hydrogens (tertiary/aromatic N) is 2. The molecule has 2 atom stereocenters. The SMILES string of the molecule is COc1ccc2cc(C(C)C(=O)C(C#N)c3nc4cc(Cl)ccc4s3)ccc2c1. The monoisotopic (exact) mass is 420 g/mol. The van der Waals surface area contributed by atoms with E-state index in [1.165, 1.54) is 11.3 Å². The molecular formula is C23H17ClN2O2S. The summed E-state index contributed by atoms with van der Waals surface area (Å²) in [5.41, 5.74) is 1.58. The number of carbonyl (C=O) groups is 1. The van der Waals surface area contributed by atoms with Gasteiger partial charge in [-0.3, -0.25) is 4.79 Å². The van der Waals surface area contributed by atoms with E-state index in [9.17, 15) is 10.1 Å². The van der Waals surface area contributed by atoms with E-state index in [1.807, 2.05) is 49.4 Å². The first-order chi connectivity index (χ1) is 14.0. The zero-order valence-electron chi connectivity index (χ0n) is 15.8. The quantitative estimate of drug-likeness (QED) is 0.391. The Hall–Kier alpha value is -2.94. The molecule has 3 aromatic carbocycles. The van der Waals surface area contributed by atoms with Crippen LogP contribution < -0.4 is 4.74 Å². The fraction of sp³-hybridized carbons (Fsp3) is 0.174. The highest BCUT2D eigenvalue weighted by molar-refractivity contribution is 7.18. The number of ketones is 1. The van der Waals surface area contributed by atoms with Gasteiger partial charge in [0.15, 0.2) is 11.7 Å². The fourth-order valence-electron chi connectivity index (χ4n) is 3.34. The lowest BCUT2D eigenvalue weighted by Gasteiger charge is -2.14. The summed E-state index contributed by atoms with van der Waals surface area (Å²) in [6.45, 7) is 1.83. The second-order valence-electron chi connectivity index (χ2n) is 6.82. The largest absolute Gasteiger partial charge is 0.497 e. The Labute approximate surface area is 177 Å². The maximum atomic E-state index is 13.2. The molecule has 6 heteroatoms. The van der Waals surface area contributed by atoms with E-state index in [-0.39, 0.29) is 5.78 Å². The topological polar surface area (TPSA) is 63.0 Å². The highest BCUT2D eigenvalue weighted by Crippen LogP contribution is 2.33. The molecule has 0 fully saturated rings. The molecule has 0 aliphatic carbocycles. The van der Waals surface area contributed by atoms with Gasteiger partial charge in [0.2, 0.25) is 0 Å². The predicted octanol–water partition coefficient (Wildman–Crippen LogP) is 6.09. The summed E-state index contributed by atoms with van der Waals surface area (Å²) < 4.78 is 6.17. The number of fused-ring (bicyclic) bond motifs is 2. The first-order valence-corrected chi connectivity index (χ1v) is 10.3. The van der Waals surface area contributed by atoms with Gasteiger partial charge in [0.1, 0.15) is 10.8 Å². The summed E-state index contributed by atoms with van der Waals surface area (Å²) in [5.74, 6) is -0.713. The summed E-state index contributed by atoms with van der Waals surface area (Å²) in [6.07, 6.45) is 0. The molecule has 4 nitrogen and oxygen atoms in total. The van der Waals surface area contributed by atoms with Crippen LogP contribution in [0.5, 0.6) is 5.75 Å². The summed E-state index contributed by atoms with van der Waals surface area (Å²) >= 11 is 7.39. The molecule has 4 aromatic rings. The Morgan fingerprint density at radius 1 is 1.14 bits per heavy atom. The molecule has 0 N–H and O–H groups in total. The van der Waals surface area contributed by atoms with Gasteiger partial charge >= 0.3 is 0 Å². The molecule has 0 aliphatic rings. The van der Waals surface area contributed by atoms with Crippen molar-refractivity contribution in [2.45, 2.75) is 18.8 Å². The molecule has 0 bridgehead atoms. The van der Waals surface area contributed by atoms with E-state index in [1.54, 1.807) is 19.2 Å². The summed E-state index contributed by atoms with van der Waals surface area (Å²) in [7, 11) is 1.63. The second kappa shape index (κ2) is 7.82. The third kappa shape index (κ3) is 3.69. The normalized spacial score (nSPS) is 13.2. The van der Waals surface area contributed by atoms with Gasteiger partial charge < -0.3 is 4.74 Å². The van der Waals surface area contributed by atoms with Gasteiger partial charge in [0.05, 0.1) is 23.4 Å². The third-order valence-electron chi connectivity index (χ3n) is 5.02. The number of ether oxygens (including phenoxy) is 1. The second-order valence-corrected chi connectivity index (χ2v) is 8.32. The molecule has 0 amide bonds. The van der Waals surface area contributed by atoms with Gasteiger partial charge in [-0.15, -0.1) is 11.3 Å². The third-order valence-corrected chi connectivity index (χ3v) is 6.36. The maximum Gasteiger partial charge on any atom is 0.164 e. The van der Waals surface area contributed by atoms with Gasteiger partial charge in [-0.25, -0.2) is 4.98 Å². The van der Waals surface area contributed by atoms with Crippen LogP contribution in [0.15, 0.2) is 54.6 Å². The number of aromatic nitrogens is 1. The van der Waals surface area contributed by atoms with Crippen LogP contribution in [0.4, 0.5) is 0 Å². The molecule has 4 rings (SSSR count). The van der Waals surface area contributed by atoms with E-state index in [0.717, 1.165) is 26.8 Å². The highest BCUT2D eigenvalue weighted by Gasteiger charge is 2.29. The minimum Gasteiger partial charge on any atom is -0.497 e. The van der Waals surface area contributed by atoms with Gasteiger partial charge in [0, 0.05) is 10.9 Å². The first-order valence-electron chi connectivity index (χ1n) is 9.07. The van der Waals surface area contributed by atoms with Crippen molar-refractivity contribution in [2.24, 2.45) is 0 Å². The average Bonchev–Trinajstić information content (AvgIpc) is 3.15. The number of methoxy groups -OCH3 is 1. The Morgan fingerprint density at radius 2 is 1.90 bits per heavy atom. The molecule has 1 heterocycles. The number of hydrogen-bond donors (Lipinski definition) is 0. The smallest absolute Gasteiger partial charge is 0.164 e. The summed E-state index contributed by atoms with van der Waals surface area (Å²) in [6, 6.07) is 19.2. The Balaban J connectivity index is 1.65. The number of Topliss-reactive ketones (excluding diaryl/α,β-unsaturated/α-hetero) is 1. The van der Waals surface area contributed by atoms with Crippen LogP contribution in [0.2, 0.25) is 5.02 Å². The predicted molar refractivity (Wildman–Crippen MR) is 117 cm³/mol. The van der Waals surface area contributed by atoms with Crippen molar-refractivity contribution in [3.63, 3.8) is 0 Å². The molecule has 0 saturated heterocycles. The molecule has 29 heavy (non-hydrogen) atoms. The molecule has 0 aliphatic heterocycles. The minimum absolute atomic E-state index is 0.162. The first kappa shape index (κ1) is 19.4. The Kier molecular flexibility index (Phi) is 5.23. The number of hydrogen-bond acceptors (Lipinski definition) is 5. The zero-order valence-corrected chi connectivity index (χ0v) is 17.4. The van der Waals surface area contributed by atoms with E-state index in [4.69, 9.17) is 16.3 Å². The van der Waals surface area contributed by atoms with Crippen molar-refractivity contribution < 1.29 is 9.53 Å². The number of nitriles is 1.